The molecule has 8 heterocycles. The van der Waals surface area contributed by atoms with Crippen LogP contribution in [0.5, 0.6) is 17.5 Å². The van der Waals surface area contributed by atoms with E-state index in [1.54, 1.807) is 77.1 Å². The molecular formula is C104H86F26N8O8. The van der Waals surface area contributed by atoms with Crippen molar-refractivity contribution < 1.29 is 152 Å². The number of methoxy groups -OCH3 is 3. The molecule has 0 spiro atoms. The van der Waals surface area contributed by atoms with Gasteiger partial charge in [0.25, 0.3) is 0 Å². The van der Waals surface area contributed by atoms with Crippen molar-refractivity contribution in [2.75, 3.05) is 28.4 Å². The molecule has 16 nitrogen and oxygen atoms in total. The predicted octanol–water partition coefficient (Wildman–Crippen LogP) is 29.3. The summed E-state index contributed by atoms with van der Waals surface area (Å²) in [5.74, 6) is -2.06. The molecule has 9 atom stereocenters. The molecule has 9 aromatic carbocycles. The summed E-state index contributed by atoms with van der Waals surface area (Å²) in [4.78, 5) is 78.2. The number of nitrogens with zero attached hydrogens (tertiary/aromatic N) is 6. The number of halogens is 26. The zero-order chi connectivity index (χ0) is 107. The van der Waals surface area contributed by atoms with Gasteiger partial charge in [-0.15, -0.1) is 0 Å². The first-order chi connectivity index (χ1) is 68.0. The highest BCUT2D eigenvalue weighted by Crippen LogP contribution is 2.57. The summed E-state index contributed by atoms with van der Waals surface area (Å²) in [6.45, 7) is 11.7. The number of carbonyl (C=O) groups excluding carboxylic acids is 5. The fourth-order valence-corrected chi connectivity index (χ4v) is 20.6. The summed E-state index contributed by atoms with van der Waals surface area (Å²) in [6, 6.07) is 16.0. The fourth-order valence-electron chi connectivity index (χ4n) is 20.6. The highest BCUT2D eigenvalue weighted by atomic mass is 19.4. The third-order valence-electron chi connectivity index (χ3n) is 27.2. The Kier molecular flexibility index (Phi) is 28.5. The molecule has 11 aromatic rings. The minimum atomic E-state index is -5.13. The zero-order valence-corrected chi connectivity index (χ0v) is 78.5. The number of ether oxygens (including phenoxy) is 3. The first-order valence-corrected chi connectivity index (χ1v) is 45.0. The highest BCUT2D eigenvalue weighted by molar-refractivity contribution is 5.97. The molecule has 6 fully saturated rings. The second-order valence-corrected chi connectivity index (χ2v) is 36.7. The number of carbonyl (C=O) groups is 5. The molecule has 0 saturated carbocycles. The maximum Gasteiger partial charge on any atom is 0.416 e. The van der Waals surface area contributed by atoms with Crippen LogP contribution in [0.4, 0.5) is 129 Å². The number of rotatable bonds is 17. The lowest BCUT2D eigenvalue weighted by atomic mass is 9.89. The molecule has 6 amide bonds. The average molecular weight is 2070 g/mol. The van der Waals surface area contributed by atoms with Crippen molar-refractivity contribution in [3.63, 3.8) is 0 Å². The van der Waals surface area contributed by atoms with Crippen LogP contribution < -0.4 is 24.8 Å². The van der Waals surface area contributed by atoms with Gasteiger partial charge in [0, 0.05) is 64.5 Å². The minimum absolute atomic E-state index is 0.000871. The standard InChI is InChI=1S/2C37H30F9N3O3.C30H26F8N2O2/c1-18-11-20(19(2)50)5-7-26(18)22-14-29(33(52-4)47-17-22)27-8-6-23(35(38,39)40)16-28(27)30-9-10-31-32(48(3)34(51)49(30)31)21-12-24(36(41,42)43)15-25(13-21)37(44,45)46;1-17-9-20(19(3)50)10-18(2)31(17)22-13-28(33(52-4)47-16-22)26-6-5-23(35(38,39)40)15-27(26)29-7-8-30-32(48-34(51)49(29)30)21-11-24(36(41,42)43)14-25(12-21)37(44,45)46;1-14(2)20-12-22(26(42-3)13-23(20)32)19-5-4-16(29(33,34)35)11-21(19)24-6-7-25-27(39-28(41)40(24)25)15-8-17(30(36,37)38)10-18(31)9-15/h5-8,11-17,30-32H,9-10H2,1-4H3;5-6,9-16,29-30,32H,7-8H2,1-4H3,(H,48,51);4-5,8-14,24-25,27H,6-7H2,1-3H3,(H,39,41)/t30-,31-,32+;29-,30-,32+;24-,25-,27+/m000/s1. The van der Waals surface area contributed by atoms with Crippen LogP contribution in [0, 0.1) is 32.4 Å². The molecule has 0 radical (unpaired) electrons. The quantitative estimate of drug-likeness (QED) is 0.0659. The SMILES string of the molecule is COc1cc(F)c(C(C)C)cc1-c1ccc(C(F)(F)F)cc1[C@@H]1CC[C@H]2[C@@H](c3cc(F)cc(C(F)(F)F)c3)NC(=O)N12.COc1ncc(-c2c(C)cc(C(C)=O)cc2C)cc1-c1ccc(C(F)(F)F)cc1[C@@H]1CC[C@H]2[C@@H](c3cc(C(F)(F)F)cc(C(F)(F)F)c3)NC(=O)N12.COc1ncc(-c2ccc(C(C)=O)cc2C)cc1-c1ccc(C(F)(F)F)cc1[C@@H]1CC[C@H]2[C@@H](c3cc(C(F)(F)F)cc(C(F)(F)F)c3)N(C)C(=O)N12. The molecule has 2 N–H and O–H groups in total. The number of hydrogen-bond donors (Lipinski definition) is 2. The van der Waals surface area contributed by atoms with Crippen molar-refractivity contribution in [3.05, 3.63) is 299 Å². The van der Waals surface area contributed by atoms with Crippen LogP contribution in [-0.4, -0.2) is 106 Å². The number of Topliss-reactive ketones (excluding diaryl/α,β-unsaturated/α-hetero) is 2. The topological polar surface area (TPSA) is 176 Å². The van der Waals surface area contributed by atoms with Crippen LogP contribution in [0.3, 0.4) is 0 Å². The smallest absolute Gasteiger partial charge is 0.416 e. The molecular weight excluding hydrogens is 1980 g/mol. The summed E-state index contributed by atoms with van der Waals surface area (Å²) in [7, 11) is 5.18. The fraction of sp³-hybridized carbons (Fsp3) is 0.337. The summed E-state index contributed by atoms with van der Waals surface area (Å²) < 4.78 is 377. The van der Waals surface area contributed by atoms with Gasteiger partial charge in [0.15, 0.2) is 11.6 Å². The minimum Gasteiger partial charge on any atom is -0.496 e. The van der Waals surface area contributed by atoms with Gasteiger partial charge in [-0.05, 0) is 290 Å². The van der Waals surface area contributed by atoms with Crippen molar-refractivity contribution in [2.24, 2.45) is 0 Å². The van der Waals surface area contributed by atoms with Crippen molar-refractivity contribution in [1.82, 2.24) is 40.2 Å². The monoisotopic (exact) mass is 2070 g/mol. The van der Waals surface area contributed by atoms with E-state index >= 15 is 0 Å². The Hall–Kier alpha value is -14.0. The first kappa shape index (κ1) is 106. The Balaban J connectivity index is 0.000000166. The molecule has 0 aliphatic carbocycles. The van der Waals surface area contributed by atoms with Crippen molar-refractivity contribution in [1.29, 1.82) is 0 Å². The summed E-state index contributed by atoms with van der Waals surface area (Å²) >= 11 is 0. The second kappa shape index (κ2) is 39.1. The maximum absolute atomic E-state index is 14.8. The van der Waals surface area contributed by atoms with E-state index in [9.17, 15) is 138 Å². The van der Waals surface area contributed by atoms with Gasteiger partial charge < -0.3 is 44.4 Å². The number of nitrogens with one attached hydrogen (secondary N) is 2. The Labute approximate surface area is 816 Å². The van der Waals surface area contributed by atoms with Crippen LogP contribution in [0.25, 0.3) is 55.6 Å². The van der Waals surface area contributed by atoms with Gasteiger partial charge >= 0.3 is 67.5 Å². The number of aromatic nitrogens is 2. The number of aryl methyl sites for hydroxylation is 3. The van der Waals surface area contributed by atoms with Crippen LogP contribution in [0.2, 0.25) is 0 Å². The van der Waals surface area contributed by atoms with Gasteiger partial charge in [0.2, 0.25) is 11.8 Å². The third kappa shape index (κ3) is 21.0. The number of fused-ring (bicyclic) bond motifs is 3. The number of hydrogen-bond acceptors (Lipinski definition) is 10. The Morgan fingerprint density at radius 3 is 1.12 bits per heavy atom. The third-order valence-corrected chi connectivity index (χ3v) is 27.2. The number of likely N-dealkylation sites (N-methyl/N-ethyl adjacent to an activating group) is 1. The van der Waals surface area contributed by atoms with Crippen molar-refractivity contribution in [2.45, 2.75) is 197 Å². The molecule has 2 aromatic heterocycles. The van der Waals surface area contributed by atoms with E-state index in [2.05, 4.69) is 20.6 Å². The molecule has 772 valence electrons. The molecule has 6 saturated heterocycles. The average Bonchev–Trinajstić information content (AvgIpc) is 1.57. The molecule has 146 heavy (non-hydrogen) atoms. The summed E-state index contributed by atoms with van der Waals surface area (Å²) in [5, 5.41) is 5.07. The molecule has 0 bridgehead atoms. The van der Waals surface area contributed by atoms with E-state index in [4.69, 9.17) is 14.2 Å². The lowest BCUT2D eigenvalue weighted by Gasteiger charge is -2.27. The molecule has 6 aliphatic heterocycles. The van der Waals surface area contributed by atoms with Crippen LogP contribution in [0.15, 0.2) is 176 Å². The van der Waals surface area contributed by atoms with Crippen molar-refractivity contribution >= 4 is 29.7 Å². The van der Waals surface area contributed by atoms with Crippen LogP contribution in [-0.2, 0) is 49.4 Å². The van der Waals surface area contributed by atoms with Gasteiger partial charge in [-0.1, -0.05) is 44.2 Å². The highest BCUT2D eigenvalue weighted by Gasteiger charge is 2.56. The lowest BCUT2D eigenvalue weighted by molar-refractivity contribution is -0.144. The second-order valence-electron chi connectivity index (χ2n) is 36.7. The van der Waals surface area contributed by atoms with Gasteiger partial charge in [-0.2, -0.15) is 105 Å². The Morgan fingerprint density at radius 1 is 0.370 bits per heavy atom. The van der Waals surface area contributed by atoms with Gasteiger partial charge in [-0.25, -0.2) is 33.1 Å². The summed E-state index contributed by atoms with van der Waals surface area (Å²) in [5.41, 5.74) is -3.65. The molecule has 42 heteroatoms. The first-order valence-electron chi connectivity index (χ1n) is 45.0. The van der Waals surface area contributed by atoms with E-state index in [1.807, 2.05) is 0 Å². The molecule has 6 aliphatic rings. The van der Waals surface area contributed by atoms with E-state index in [-0.39, 0.29) is 136 Å². The zero-order valence-electron chi connectivity index (χ0n) is 78.5. The largest absolute Gasteiger partial charge is 0.496 e. The number of amides is 6. The summed E-state index contributed by atoms with van der Waals surface area (Å²) in [6.07, 6.45) is -36.0. The number of pyridine rings is 2. The molecule has 0 unspecified atom stereocenters. The Bertz CT molecular complexity index is 6900. The maximum atomic E-state index is 14.8. The van der Waals surface area contributed by atoms with Crippen LogP contribution in [0.1, 0.15) is 229 Å². The number of ketones is 2. The number of benzene rings is 9. The van der Waals surface area contributed by atoms with Gasteiger partial charge in [-0.3, -0.25) is 9.59 Å². The van der Waals surface area contributed by atoms with E-state index in [0.29, 0.717) is 69.3 Å². The molecule has 17 rings (SSSR count). The van der Waals surface area contributed by atoms with E-state index < -0.39 is 189 Å². The lowest BCUT2D eigenvalue weighted by Crippen LogP contribution is -2.32. The van der Waals surface area contributed by atoms with E-state index in [0.717, 1.165) is 81.8 Å². The van der Waals surface area contributed by atoms with Gasteiger partial charge in [0.1, 0.15) is 17.4 Å². The number of urea groups is 3. The van der Waals surface area contributed by atoms with Gasteiger partial charge in [0.05, 0.1) is 120 Å². The van der Waals surface area contributed by atoms with Crippen molar-refractivity contribution in [3.8, 4) is 73.1 Å². The number of alkyl halides is 24. The van der Waals surface area contributed by atoms with E-state index in [1.165, 1.54) is 93.6 Å². The van der Waals surface area contributed by atoms with Crippen LogP contribution >= 0.6 is 0 Å². The normalized spacial score (nSPS) is 19.7. The Morgan fingerprint density at radius 2 is 0.733 bits per heavy atom. The predicted molar refractivity (Wildman–Crippen MR) is 481 cm³/mol.